The zero-order chi connectivity index (χ0) is 12.9. The van der Waals surface area contributed by atoms with Gasteiger partial charge >= 0.3 is 0 Å². The van der Waals surface area contributed by atoms with E-state index in [0.29, 0.717) is 0 Å². The Bertz CT molecular complexity index is 316. The normalized spacial score (nSPS) is 14.0. The third-order valence-electron chi connectivity index (χ3n) is 3.10. The maximum Gasteiger partial charge on any atom is 0.0416 e. The highest BCUT2D eigenvalue weighted by molar-refractivity contribution is 5.03. The maximum atomic E-state index is 6.16. The van der Waals surface area contributed by atoms with E-state index in [1.165, 1.54) is 0 Å². The van der Waals surface area contributed by atoms with Crippen LogP contribution in [0.15, 0.2) is 24.4 Å². The van der Waals surface area contributed by atoms with Gasteiger partial charge in [-0.05, 0) is 24.6 Å². The number of pyridine rings is 1. The monoisotopic (exact) mass is 235 g/mol. The number of hydrogen-bond acceptors (Lipinski definition) is 3. The van der Waals surface area contributed by atoms with Crippen molar-refractivity contribution in [1.29, 1.82) is 0 Å². The van der Waals surface area contributed by atoms with Crippen LogP contribution in [0.4, 0.5) is 0 Å². The third kappa shape index (κ3) is 5.29. The number of hydrogen-bond donors (Lipinski definition) is 1. The number of nitrogens with zero attached hydrogens (tertiary/aromatic N) is 2. The molecule has 0 saturated heterocycles. The molecule has 3 heteroatoms. The van der Waals surface area contributed by atoms with E-state index in [4.69, 9.17) is 5.73 Å². The molecule has 1 aromatic rings. The second-order valence-corrected chi connectivity index (χ2v) is 5.81. The summed E-state index contributed by atoms with van der Waals surface area (Å²) in [5, 5.41) is 0. The number of nitrogens with two attached hydrogens (primary N) is 1. The molecule has 0 fully saturated rings. The van der Waals surface area contributed by atoms with Crippen LogP contribution in [-0.2, 0) is 6.42 Å². The highest BCUT2D eigenvalue weighted by Crippen LogP contribution is 2.17. The summed E-state index contributed by atoms with van der Waals surface area (Å²) in [4.78, 5) is 6.60. The highest BCUT2D eigenvalue weighted by atomic mass is 15.1. The molecule has 1 aromatic heterocycles. The van der Waals surface area contributed by atoms with Gasteiger partial charge in [-0.3, -0.25) is 4.98 Å². The molecule has 2 N–H and O–H groups in total. The van der Waals surface area contributed by atoms with Crippen molar-refractivity contribution in [3.8, 4) is 0 Å². The van der Waals surface area contributed by atoms with Gasteiger partial charge < -0.3 is 10.6 Å². The molecule has 0 aliphatic carbocycles. The van der Waals surface area contributed by atoms with Gasteiger partial charge in [-0.25, -0.2) is 0 Å². The van der Waals surface area contributed by atoms with Crippen molar-refractivity contribution >= 4 is 0 Å². The summed E-state index contributed by atoms with van der Waals surface area (Å²) in [6, 6.07) is 6.25. The first-order valence-corrected chi connectivity index (χ1v) is 6.23. The summed E-state index contributed by atoms with van der Waals surface area (Å²) in [5.74, 6) is 0. The minimum Gasteiger partial charge on any atom is -0.326 e. The lowest BCUT2D eigenvalue weighted by atomic mass is 9.87. The largest absolute Gasteiger partial charge is 0.326 e. The second-order valence-electron chi connectivity index (χ2n) is 5.81. The van der Waals surface area contributed by atoms with E-state index in [1.54, 1.807) is 0 Å². The fourth-order valence-electron chi connectivity index (χ4n) is 1.55. The van der Waals surface area contributed by atoms with Crippen LogP contribution in [0.1, 0.15) is 26.5 Å². The van der Waals surface area contributed by atoms with E-state index >= 15 is 0 Å². The fraction of sp³-hybridized carbons (Fsp3) is 0.643. The Labute approximate surface area is 105 Å². The molecule has 0 amide bonds. The molecule has 1 atom stereocenters. The molecular weight excluding hydrogens is 210 g/mol. The Kier molecular flexibility index (Phi) is 5.09. The molecule has 96 valence electrons. The van der Waals surface area contributed by atoms with Crippen LogP contribution in [0, 0.1) is 5.41 Å². The van der Waals surface area contributed by atoms with Gasteiger partial charge in [0.2, 0.25) is 0 Å². The lowest BCUT2D eigenvalue weighted by Gasteiger charge is -2.30. The van der Waals surface area contributed by atoms with Crippen molar-refractivity contribution in [3.05, 3.63) is 30.1 Å². The smallest absolute Gasteiger partial charge is 0.0416 e. The van der Waals surface area contributed by atoms with Gasteiger partial charge in [0.15, 0.2) is 0 Å². The Morgan fingerprint density at radius 2 is 2.06 bits per heavy atom. The Morgan fingerprint density at radius 3 is 2.59 bits per heavy atom. The van der Waals surface area contributed by atoms with Crippen LogP contribution >= 0.6 is 0 Å². The summed E-state index contributed by atoms with van der Waals surface area (Å²) in [6.07, 6.45) is 2.82. The van der Waals surface area contributed by atoms with Gasteiger partial charge in [-0.1, -0.05) is 26.8 Å². The van der Waals surface area contributed by atoms with Crippen molar-refractivity contribution in [3.63, 3.8) is 0 Å². The minimum absolute atomic E-state index is 0.166. The van der Waals surface area contributed by atoms with E-state index in [9.17, 15) is 0 Å². The molecular formula is C14H25N3. The number of likely N-dealkylation sites (N-methyl/N-ethyl adjacent to an activating group) is 1. The maximum absolute atomic E-state index is 6.16. The highest BCUT2D eigenvalue weighted by Gasteiger charge is 2.21. The predicted molar refractivity (Wildman–Crippen MR) is 72.9 cm³/mol. The second kappa shape index (κ2) is 6.12. The third-order valence-corrected chi connectivity index (χ3v) is 3.10. The summed E-state index contributed by atoms with van der Waals surface area (Å²) < 4.78 is 0. The van der Waals surface area contributed by atoms with Gasteiger partial charge in [0.05, 0.1) is 0 Å². The molecule has 0 unspecified atom stereocenters. The minimum atomic E-state index is 0.166. The van der Waals surface area contributed by atoms with E-state index in [1.807, 2.05) is 18.3 Å². The van der Waals surface area contributed by atoms with E-state index < -0.39 is 0 Å². The molecule has 0 bridgehead atoms. The molecule has 1 rings (SSSR count). The standard InChI is InChI=1S/C14H25N3/c1-14(2,3)13(15)11-17(4)10-8-12-7-5-6-9-16-12/h5-7,9,13H,8,10-11,15H2,1-4H3/t13-/m0/s1. The first-order chi connectivity index (χ1) is 7.89. The summed E-state index contributed by atoms with van der Waals surface area (Å²) in [7, 11) is 2.12. The summed E-state index contributed by atoms with van der Waals surface area (Å²) >= 11 is 0. The summed E-state index contributed by atoms with van der Waals surface area (Å²) in [5.41, 5.74) is 7.47. The van der Waals surface area contributed by atoms with E-state index in [0.717, 1.165) is 25.2 Å². The van der Waals surface area contributed by atoms with Crippen LogP contribution in [-0.4, -0.2) is 36.1 Å². The van der Waals surface area contributed by atoms with Crippen molar-refractivity contribution in [2.75, 3.05) is 20.1 Å². The van der Waals surface area contributed by atoms with E-state index in [2.05, 4.69) is 43.8 Å². The zero-order valence-electron chi connectivity index (χ0n) is 11.5. The van der Waals surface area contributed by atoms with Crippen molar-refractivity contribution in [2.24, 2.45) is 11.1 Å². The number of aromatic nitrogens is 1. The van der Waals surface area contributed by atoms with Gasteiger partial charge in [-0.2, -0.15) is 0 Å². The molecule has 0 aliphatic rings. The van der Waals surface area contributed by atoms with Crippen molar-refractivity contribution in [2.45, 2.75) is 33.2 Å². The molecule has 0 spiro atoms. The Balaban J connectivity index is 2.33. The van der Waals surface area contributed by atoms with Crippen LogP contribution in [0.5, 0.6) is 0 Å². The molecule has 0 radical (unpaired) electrons. The van der Waals surface area contributed by atoms with Crippen LogP contribution in [0.25, 0.3) is 0 Å². The topological polar surface area (TPSA) is 42.2 Å². The average molecular weight is 235 g/mol. The van der Waals surface area contributed by atoms with Crippen LogP contribution in [0.3, 0.4) is 0 Å². The molecule has 17 heavy (non-hydrogen) atoms. The Morgan fingerprint density at radius 1 is 1.35 bits per heavy atom. The Hall–Kier alpha value is -0.930. The first-order valence-electron chi connectivity index (χ1n) is 6.23. The zero-order valence-corrected chi connectivity index (χ0v) is 11.5. The summed E-state index contributed by atoms with van der Waals surface area (Å²) in [6.45, 7) is 8.48. The fourth-order valence-corrected chi connectivity index (χ4v) is 1.55. The average Bonchev–Trinajstić information content (AvgIpc) is 2.26. The lowest BCUT2D eigenvalue weighted by Crippen LogP contribution is -2.44. The van der Waals surface area contributed by atoms with Gasteiger partial charge in [0.1, 0.15) is 0 Å². The molecule has 0 aliphatic heterocycles. The van der Waals surface area contributed by atoms with Gasteiger partial charge in [0, 0.05) is 37.4 Å². The van der Waals surface area contributed by atoms with Crippen molar-refractivity contribution < 1.29 is 0 Å². The first kappa shape index (κ1) is 14.1. The number of rotatable bonds is 5. The molecule has 1 heterocycles. The quantitative estimate of drug-likeness (QED) is 0.848. The van der Waals surface area contributed by atoms with Crippen LogP contribution < -0.4 is 5.73 Å². The molecule has 0 aromatic carbocycles. The SMILES string of the molecule is CN(CCc1ccccn1)C[C@H](N)C(C)(C)C. The molecule has 3 nitrogen and oxygen atoms in total. The predicted octanol–water partition coefficient (Wildman–Crippen LogP) is 1.93. The van der Waals surface area contributed by atoms with Gasteiger partial charge in [-0.15, -0.1) is 0 Å². The van der Waals surface area contributed by atoms with E-state index in [-0.39, 0.29) is 11.5 Å². The lowest BCUT2D eigenvalue weighted by molar-refractivity contribution is 0.228. The molecule has 0 saturated carbocycles. The van der Waals surface area contributed by atoms with Gasteiger partial charge in [0.25, 0.3) is 0 Å². The van der Waals surface area contributed by atoms with Crippen molar-refractivity contribution in [1.82, 2.24) is 9.88 Å². The van der Waals surface area contributed by atoms with Crippen LogP contribution in [0.2, 0.25) is 0 Å².